The molecule has 0 heterocycles. The van der Waals surface area contributed by atoms with Gasteiger partial charge in [0.05, 0.1) is 12.2 Å². The minimum atomic E-state index is -0.388. The fourth-order valence-corrected chi connectivity index (χ4v) is 1.18. The molecule has 0 bridgehead atoms. The van der Waals surface area contributed by atoms with E-state index in [-0.39, 0.29) is 11.8 Å². The Morgan fingerprint density at radius 2 is 2.13 bits per heavy atom. The van der Waals surface area contributed by atoms with Crippen LogP contribution in [0.4, 0.5) is 4.39 Å². The lowest BCUT2D eigenvalue weighted by Crippen LogP contribution is -2.11. The number of halogens is 1. The van der Waals surface area contributed by atoms with E-state index >= 15 is 0 Å². The molecule has 0 fully saturated rings. The molecule has 0 amide bonds. The second-order valence-electron chi connectivity index (χ2n) is 3.95. The summed E-state index contributed by atoms with van der Waals surface area (Å²) < 4.78 is 17.8. The number of rotatable bonds is 3. The first-order chi connectivity index (χ1) is 7.00. The highest BCUT2D eigenvalue weighted by Crippen LogP contribution is 2.11. The Bertz CT molecular complexity index is 359. The molecule has 1 aromatic carbocycles. The third-order valence-electron chi connectivity index (χ3n) is 1.96. The predicted molar refractivity (Wildman–Crippen MR) is 56.3 cm³/mol. The number of esters is 1. The Hall–Kier alpha value is -1.38. The Morgan fingerprint density at radius 1 is 1.47 bits per heavy atom. The molecule has 0 saturated carbocycles. The molecule has 2 nitrogen and oxygen atoms in total. The Balaban J connectivity index is 2.74. The van der Waals surface area contributed by atoms with E-state index < -0.39 is 0 Å². The number of hydrogen-bond acceptors (Lipinski definition) is 2. The molecule has 0 radical (unpaired) electrons. The molecule has 0 aliphatic carbocycles. The Labute approximate surface area is 89.1 Å². The molecule has 0 atom stereocenters. The van der Waals surface area contributed by atoms with Crippen molar-refractivity contribution < 1.29 is 13.9 Å². The third-order valence-corrected chi connectivity index (χ3v) is 1.96. The van der Waals surface area contributed by atoms with Crippen molar-refractivity contribution in [3.8, 4) is 0 Å². The molecular weight excluding hydrogens is 195 g/mol. The van der Waals surface area contributed by atoms with Crippen molar-refractivity contribution in [1.29, 1.82) is 0 Å². The lowest BCUT2D eigenvalue weighted by Gasteiger charge is -2.08. The van der Waals surface area contributed by atoms with E-state index in [0.29, 0.717) is 23.7 Å². The molecule has 0 N–H and O–H groups in total. The second kappa shape index (κ2) is 4.91. The highest BCUT2D eigenvalue weighted by Gasteiger charge is 2.11. The zero-order chi connectivity index (χ0) is 11.4. The van der Waals surface area contributed by atoms with Gasteiger partial charge in [0.1, 0.15) is 5.82 Å². The largest absolute Gasteiger partial charge is 0.462 e. The minimum Gasteiger partial charge on any atom is -0.462 e. The highest BCUT2D eigenvalue weighted by atomic mass is 19.1. The molecule has 82 valence electrons. The summed E-state index contributed by atoms with van der Waals surface area (Å²) in [5.41, 5.74) is 1.03. The van der Waals surface area contributed by atoms with Gasteiger partial charge in [-0.1, -0.05) is 13.8 Å². The zero-order valence-corrected chi connectivity index (χ0v) is 9.21. The molecule has 0 saturated heterocycles. The fourth-order valence-electron chi connectivity index (χ4n) is 1.18. The summed E-state index contributed by atoms with van der Waals surface area (Å²) in [6, 6.07) is 4.04. The van der Waals surface area contributed by atoms with Crippen LogP contribution in [0.2, 0.25) is 0 Å². The van der Waals surface area contributed by atoms with Gasteiger partial charge in [0, 0.05) is 0 Å². The fraction of sp³-hybridized carbons (Fsp3) is 0.417. The quantitative estimate of drug-likeness (QED) is 0.717. The molecular formula is C12H15FO2. The van der Waals surface area contributed by atoms with Crippen LogP contribution in [-0.2, 0) is 4.74 Å². The van der Waals surface area contributed by atoms with Crippen LogP contribution in [0.25, 0.3) is 0 Å². The van der Waals surface area contributed by atoms with Crippen molar-refractivity contribution in [2.24, 2.45) is 5.92 Å². The number of aryl methyl sites for hydroxylation is 1. The molecule has 0 aliphatic heterocycles. The summed E-state index contributed by atoms with van der Waals surface area (Å²) in [5, 5.41) is 0. The summed E-state index contributed by atoms with van der Waals surface area (Å²) in [5.74, 6) is -0.427. The highest BCUT2D eigenvalue weighted by molar-refractivity contribution is 5.90. The lowest BCUT2D eigenvalue weighted by molar-refractivity contribution is 0.0458. The topological polar surface area (TPSA) is 26.3 Å². The van der Waals surface area contributed by atoms with Gasteiger partial charge in [-0.2, -0.15) is 0 Å². The second-order valence-corrected chi connectivity index (χ2v) is 3.95. The van der Waals surface area contributed by atoms with Crippen molar-refractivity contribution in [2.75, 3.05) is 6.61 Å². The van der Waals surface area contributed by atoms with Crippen LogP contribution in [0.5, 0.6) is 0 Å². The maximum Gasteiger partial charge on any atom is 0.338 e. The van der Waals surface area contributed by atoms with Crippen LogP contribution in [0.3, 0.4) is 0 Å². The zero-order valence-electron chi connectivity index (χ0n) is 9.21. The molecule has 3 heteroatoms. The van der Waals surface area contributed by atoms with Gasteiger partial charge >= 0.3 is 5.97 Å². The van der Waals surface area contributed by atoms with Gasteiger partial charge in [-0.25, -0.2) is 9.18 Å². The standard InChI is InChI=1S/C12H15FO2/c1-8(2)7-15-12(14)11-5-4-10(13)6-9(11)3/h4-6,8H,7H2,1-3H3. The third kappa shape index (κ3) is 3.35. The molecule has 0 aromatic heterocycles. The van der Waals surface area contributed by atoms with Crippen LogP contribution >= 0.6 is 0 Å². The van der Waals surface area contributed by atoms with Crippen LogP contribution in [0, 0.1) is 18.7 Å². The Kier molecular flexibility index (Phi) is 3.83. The molecule has 0 aliphatic rings. The lowest BCUT2D eigenvalue weighted by atomic mass is 10.1. The van der Waals surface area contributed by atoms with Gasteiger partial charge in [-0.05, 0) is 36.6 Å². The normalized spacial score (nSPS) is 10.5. The first-order valence-electron chi connectivity index (χ1n) is 4.94. The van der Waals surface area contributed by atoms with Gasteiger partial charge in [-0.15, -0.1) is 0 Å². The van der Waals surface area contributed by atoms with E-state index in [2.05, 4.69) is 0 Å². The first-order valence-corrected chi connectivity index (χ1v) is 4.94. The molecule has 15 heavy (non-hydrogen) atoms. The number of ether oxygens (including phenoxy) is 1. The van der Waals surface area contributed by atoms with Crippen molar-refractivity contribution in [3.63, 3.8) is 0 Å². The summed E-state index contributed by atoms with van der Waals surface area (Å²) in [7, 11) is 0. The van der Waals surface area contributed by atoms with Crippen molar-refractivity contribution >= 4 is 5.97 Å². The summed E-state index contributed by atoms with van der Waals surface area (Å²) in [4.78, 5) is 11.5. The number of carbonyl (C=O) groups excluding carboxylic acids is 1. The average molecular weight is 210 g/mol. The van der Waals surface area contributed by atoms with Crippen molar-refractivity contribution in [3.05, 3.63) is 35.1 Å². The predicted octanol–water partition coefficient (Wildman–Crippen LogP) is 2.95. The summed E-state index contributed by atoms with van der Waals surface area (Å²) >= 11 is 0. The van der Waals surface area contributed by atoms with Crippen LogP contribution in [0.15, 0.2) is 18.2 Å². The van der Waals surface area contributed by atoms with E-state index in [4.69, 9.17) is 4.74 Å². The Morgan fingerprint density at radius 3 is 2.67 bits per heavy atom. The van der Waals surface area contributed by atoms with E-state index in [1.54, 1.807) is 6.92 Å². The van der Waals surface area contributed by atoms with Crippen molar-refractivity contribution in [2.45, 2.75) is 20.8 Å². The molecule has 1 rings (SSSR count). The first kappa shape index (κ1) is 11.7. The summed E-state index contributed by atoms with van der Waals surface area (Å²) in [6.07, 6.45) is 0. The number of hydrogen-bond donors (Lipinski definition) is 0. The number of benzene rings is 1. The maximum absolute atomic E-state index is 12.8. The molecule has 0 unspecified atom stereocenters. The van der Waals surface area contributed by atoms with Gasteiger partial charge in [0.25, 0.3) is 0 Å². The van der Waals surface area contributed by atoms with E-state index in [1.807, 2.05) is 13.8 Å². The van der Waals surface area contributed by atoms with E-state index in [9.17, 15) is 9.18 Å². The number of carbonyl (C=O) groups is 1. The molecule has 1 aromatic rings. The van der Waals surface area contributed by atoms with Crippen LogP contribution in [-0.4, -0.2) is 12.6 Å². The van der Waals surface area contributed by atoms with Crippen LogP contribution in [0.1, 0.15) is 29.8 Å². The molecule has 0 spiro atoms. The van der Waals surface area contributed by atoms with Gasteiger partial charge in [0.2, 0.25) is 0 Å². The van der Waals surface area contributed by atoms with Crippen molar-refractivity contribution in [1.82, 2.24) is 0 Å². The van der Waals surface area contributed by atoms with Gasteiger partial charge < -0.3 is 4.74 Å². The van der Waals surface area contributed by atoms with E-state index in [1.165, 1.54) is 18.2 Å². The smallest absolute Gasteiger partial charge is 0.338 e. The van der Waals surface area contributed by atoms with E-state index in [0.717, 1.165) is 0 Å². The SMILES string of the molecule is Cc1cc(F)ccc1C(=O)OCC(C)C. The summed E-state index contributed by atoms with van der Waals surface area (Å²) in [6.45, 7) is 6.00. The average Bonchev–Trinajstić information content (AvgIpc) is 2.14. The maximum atomic E-state index is 12.8. The van der Waals surface area contributed by atoms with Gasteiger partial charge in [-0.3, -0.25) is 0 Å². The monoisotopic (exact) mass is 210 g/mol. The van der Waals surface area contributed by atoms with Crippen LogP contribution < -0.4 is 0 Å². The minimum absolute atomic E-state index is 0.301. The van der Waals surface area contributed by atoms with Gasteiger partial charge in [0.15, 0.2) is 0 Å².